The van der Waals surface area contributed by atoms with Crippen molar-refractivity contribution in [3.05, 3.63) is 54.0 Å². The number of carbonyl (C=O) groups excluding carboxylic acids is 2. The third-order valence-electron chi connectivity index (χ3n) is 5.63. The highest BCUT2D eigenvalue weighted by Gasteiger charge is 2.31. The average molecular weight is 435 g/mol. The van der Waals surface area contributed by atoms with Crippen LogP contribution in [-0.2, 0) is 17.9 Å². The number of fused-ring (bicyclic) bond motifs is 3. The van der Waals surface area contributed by atoms with Gasteiger partial charge >= 0.3 is 0 Å². The van der Waals surface area contributed by atoms with Crippen LogP contribution in [0.25, 0.3) is 10.9 Å². The lowest BCUT2D eigenvalue weighted by Gasteiger charge is -2.23. The molecule has 0 unspecified atom stereocenters. The van der Waals surface area contributed by atoms with Crippen molar-refractivity contribution < 1.29 is 9.59 Å². The Bertz CT molecular complexity index is 1180. The van der Waals surface area contributed by atoms with Gasteiger partial charge in [0.25, 0.3) is 5.91 Å². The summed E-state index contributed by atoms with van der Waals surface area (Å²) in [4.78, 5) is 26.0. The summed E-state index contributed by atoms with van der Waals surface area (Å²) in [5.74, 6) is -0.487. The minimum Gasteiger partial charge on any atom is -0.354 e. The third-order valence-corrected chi connectivity index (χ3v) is 5.63. The smallest absolute Gasteiger partial charge is 0.291 e. The van der Waals surface area contributed by atoms with Gasteiger partial charge in [-0.3, -0.25) is 14.3 Å². The highest BCUT2D eigenvalue weighted by molar-refractivity contribution is 6.03. The minimum absolute atomic E-state index is 0.110. The molecule has 4 rings (SSSR count). The van der Waals surface area contributed by atoms with E-state index in [-0.39, 0.29) is 23.8 Å². The zero-order valence-electron chi connectivity index (χ0n) is 19.1. The fraction of sp³-hybridized carbons (Fsp3) is 0.417. The van der Waals surface area contributed by atoms with Crippen molar-refractivity contribution in [1.29, 1.82) is 0 Å². The van der Waals surface area contributed by atoms with E-state index in [1.807, 2.05) is 58.8 Å². The summed E-state index contributed by atoms with van der Waals surface area (Å²) in [5.41, 5.74) is 3.12. The van der Waals surface area contributed by atoms with Crippen molar-refractivity contribution in [2.75, 3.05) is 13.1 Å². The molecule has 0 saturated heterocycles. The lowest BCUT2D eigenvalue weighted by atomic mass is 9.90. The van der Waals surface area contributed by atoms with E-state index in [0.717, 1.165) is 35.3 Å². The van der Waals surface area contributed by atoms with Crippen molar-refractivity contribution in [1.82, 2.24) is 24.7 Å². The maximum Gasteiger partial charge on any atom is 0.291 e. The van der Waals surface area contributed by atoms with Gasteiger partial charge in [-0.15, -0.1) is 0 Å². The summed E-state index contributed by atoms with van der Waals surface area (Å²) >= 11 is 0. The van der Waals surface area contributed by atoms with Gasteiger partial charge in [0.05, 0.1) is 18.0 Å². The second-order valence-corrected chi connectivity index (χ2v) is 9.26. The molecule has 8 heteroatoms. The molecule has 3 heterocycles. The van der Waals surface area contributed by atoms with E-state index in [9.17, 15) is 9.59 Å². The van der Waals surface area contributed by atoms with E-state index in [4.69, 9.17) is 0 Å². The van der Waals surface area contributed by atoms with Crippen molar-refractivity contribution in [2.45, 2.75) is 47.2 Å². The number of rotatable bonds is 6. The molecule has 32 heavy (non-hydrogen) atoms. The van der Waals surface area contributed by atoms with Gasteiger partial charge in [-0.25, -0.2) is 5.01 Å². The van der Waals surface area contributed by atoms with E-state index in [2.05, 4.69) is 36.3 Å². The quantitative estimate of drug-likeness (QED) is 0.605. The largest absolute Gasteiger partial charge is 0.354 e. The van der Waals surface area contributed by atoms with Crippen LogP contribution in [0.1, 0.15) is 43.4 Å². The summed E-state index contributed by atoms with van der Waals surface area (Å²) in [6.45, 7) is 9.80. The second kappa shape index (κ2) is 8.61. The molecule has 3 aromatic rings. The molecule has 0 bridgehead atoms. The molecular weight excluding hydrogens is 404 g/mol. The van der Waals surface area contributed by atoms with Gasteiger partial charge in [0, 0.05) is 35.6 Å². The molecular formula is C24H30N6O2. The maximum atomic E-state index is 13.3. The Morgan fingerprint density at radius 1 is 1.19 bits per heavy atom. The second-order valence-electron chi connectivity index (χ2n) is 9.26. The molecule has 0 radical (unpaired) electrons. The molecule has 0 saturated carbocycles. The van der Waals surface area contributed by atoms with Gasteiger partial charge in [0.15, 0.2) is 0 Å². The first-order valence-corrected chi connectivity index (χ1v) is 11.0. The number of nitrogens with one attached hydrogen (secondary N) is 1. The number of aryl methyl sites for hydroxylation is 2. The van der Waals surface area contributed by atoms with Gasteiger partial charge < -0.3 is 9.88 Å². The SMILES string of the molecule is Cc1ccn(CCCNC(=O)CN2N=C(C(C)(C)C)Cn3c(cc4ccccc43)C2=O)n1. The van der Waals surface area contributed by atoms with E-state index in [1.54, 1.807) is 0 Å². The number of hydrazone groups is 1. The van der Waals surface area contributed by atoms with Crippen LogP contribution in [0.5, 0.6) is 0 Å². The van der Waals surface area contributed by atoms with Gasteiger partial charge in [0.2, 0.25) is 5.91 Å². The first-order chi connectivity index (χ1) is 15.2. The zero-order chi connectivity index (χ0) is 22.9. The van der Waals surface area contributed by atoms with Crippen molar-refractivity contribution in [3.8, 4) is 0 Å². The molecule has 0 fully saturated rings. The fourth-order valence-corrected chi connectivity index (χ4v) is 3.81. The van der Waals surface area contributed by atoms with Gasteiger partial charge in [0.1, 0.15) is 12.2 Å². The topological polar surface area (TPSA) is 84.5 Å². The predicted octanol–water partition coefficient (Wildman–Crippen LogP) is 3.21. The number of para-hydroxylation sites is 1. The number of hydrogen-bond donors (Lipinski definition) is 1. The highest BCUT2D eigenvalue weighted by Crippen LogP contribution is 2.27. The molecule has 0 spiro atoms. The molecule has 2 amide bonds. The van der Waals surface area contributed by atoms with Crippen LogP contribution in [0.4, 0.5) is 0 Å². The van der Waals surface area contributed by atoms with Crippen LogP contribution in [0, 0.1) is 12.3 Å². The molecule has 0 aliphatic carbocycles. The molecule has 1 aliphatic rings. The Hall–Kier alpha value is -3.42. The lowest BCUT2D eigenvalue weighted by Crippen LogP contribution is -2.39. The molecule has 168 valence electrons. The molecule has 0 atom stereocenters. The van der Waals surface area contributed by atoms with Gasteiger partial charge in [-0.2, -0.15) is 10.2 Å². The highest BCUT2D eigenvalue weighted by atomic mass is 16.2. The molecule has 1 aromatic carbocycles. The summed E-state index contributed by atoms with van der Waals surface area (Å²) in [7, 11) is 0. The Morgan fingerprint density at radius 2 is 1.97 bits per heavy atom. The minimum atomic E-state index is -0.261. The predicted molar refractivity (Wildman–Crippen MR) is 124 cm³/mol. The summed E-state index contributed by atoms with van der Waals surface area (Å²) < 4.78 is 3.87. The van der Waals surface area contributed by atoms with Gasteiger partial charge in [-0.1, -0.05) is 39.0 Å². The van der Waals surface area contributed by atoms with Gasteiger partial charge in [-0.05, 0) is 31.5 Å². The van der Waals surface area contributed by atoms with E-state index < -0.39 is 0 Å². The zero-order valence-corrected chi connectivity index (χ0v) is 19.1. The van der Waals surface area contributed by atoms with Crippen LogP contribution in [-0.4, -0.2) is 50.0 Å². The van der Waals surface area contributed by atoms with Crippen LogP contribution < -0.4 is 5.32 Å². The van der Waals surface area contributed by atoms with Crippen LogP contribution in [0.2, 0.25) is 0 Å². The lowest BCUT2D eigenvalue weighted by molar-refractivity contribution is -0.121. The number of benzene rings is 1. The van der Waals surface area contributed by atoms with E-state index >= 15 is 0 Å². The fourth-order valence-electron chi connectivity index (χ4n) is 3.81. The number of aromatic nitrogens is 3. The van der Waals surface area contributed by atoms with Crippen molar-refractivity contribution in [3.63, 3.8) is 0 Å². The van der Waals surface area contributed by atoms with Crippen molar-refractivity contribution in [2.24, 2.45) is 10.5 Å². The summed E-state index contributed by atoms with van der Waals surface area (Å²) in [6, 6.07) is 11.8. The Kier molecular flexibility index (Phi) is 5.86. The average Bonchev–Trinajstić information content (AvgIpc) is 3.28. The van der Waals surface area contributed by atoms with Crippen LogP contribution in [0.3, 0.4) is 0 Å². The molecule has 1 N–H and O–H groups in total. The summed E-state index contributed by atoms with van der Waals surface area (Å²) in [6.07, 6.45) is 2.68. The number of nitrogens with zero attached hydrogens (tertiary/aromatic N) is 5. The number of amides is 2. The monoisotopic (exact) mass is 434 g/mol. The number of carbonyl (C=O) groups is 2. The number of hydrogen-bond acceptors (Lipinski definition) is 4. The van der Waals surface area contributed by atoms with Crippen LogP contribution in [0.15, 0.2) is 47.7 Å². The van der Waals surface area contributed by atoms with E-state index in [1.165, 1.54) is 5.01 Å². The Balaban J connectivity index is 1.48. The first-order valence-electron chi connectivity index (χ1n) is 11.0. The third kappa shape index (κ3) is 4.59. The Labute approximate surface area is 187 Å². The standard InChI is InChI=1S/C24H30N6O2/c1-17-10-13-28(26-17)12-7-11-25-22(31)16-30-23(32)20-14-18-8-5-6-9-19(18)29(20)15-21(27-30)24(2,3)4/h5-6,8-10,13-14H,7,11-12,15-16H2,1-4H3,(H,25,31). The summed E-state index contributed by atoms with van der Waals surface area (Å²) in [5, 5.41) is 14.2. The molecule has 8 nitrogen and oxygen atoms in total. The van der Waals surface area contributed by atoms with Crippen molar-refractivity contribution >= 4 is 28.4 Å². The normalized spacial score (nSPS) is 14.3. The molecule has 1 aliphatic heterocycles. The van der Waals surface area contributed by atoms with E-state index in [0.29, 0.717) is 18.8 Å². The maximum absolute atomic E-state index is 13.3. The van der Waals surface area contributed by atoms with Crippen LogP contribution >= 0.6 is 0 Å². The first kappa shape index (κ1) is 21.8. The Morgan fingerprint density at radius 3 is 2.69 bits per heavy atom. The molecule has 2 aromatic heterocycles.